The van der Waals surface area contributed by atoms with Gasteiger partial charge in [-0.05, 0) is 72.8 Å². The van der Waals surface area contributed by atoms with Crippen LogP contribution in [-0.4, -0.2) is 35.7 Å². The lowest BCUT2D eigenvalue weighted by atomic mass is 9.43. The van der Waals surface area contributed by atoms with E-state index >= 15 is 0 Å². The van der Waals surface area contributed by atoms with Crippen LogP contribution in [0.2, 0.25) is 0 Å². The Morgan fingerprint density at radius 1 is 1.26 bits per heavy atom. The quantitative estimate of drug-likeness (QED) is 0.526. The van der Waals surface area contributed by atoms with Crippen molar-refractivity contribution in [1.82, 2.24) is 10.3 Å². The van der Waals surface area contributed by atoms with Crippen LogP contribution in [0.15, 0.2) is 53.3 Å². The van der Waals surface area contributed by atoms with Gasteiger partial charge in [0.1, 0.15) is 11.4 Å². The minimum absolute atomic E-state index is 0.0461. The van der Waals surface area contributed by atoms with Gasteiger partial charge in [-0.2, -0.15) is 0 Å². The summed E-state index contributed by atoms with van der Waals surface area (Å²) in [5.74, 6) is 1.05. The maximum atomic E-state index is 13.1. The molecule has 0 radical (unpaired) electrons. The molecule has 3 aromatic rings. The number of hydrogen-bond donors (Lipinski definition) is 2. The van der Waals surface area contributed by atoms with Crippen molar-refractivity contribution in [3.8, 4) is 0 Å². The molecular formula is C27H32BN3O4. The predicted molar refractivity (Wildman–Crippen MR) is 134 cm³/mol. The van der Waals surface area contributed by atoms with Crippen molar-refractivity contribution in [1.29, 1.82) is 0 Å². The molecule has 35 heavy (non-hydrogen) atoms. The van der Waals surface area contributed by atoms with Gasteiger partial charge in [-0.25, -0.2) is 4.98 Å². The third-order valence-corrected chi connectivity index (χ3v) is 8.85. The summed E-state index contributed by atoms with van der Waals surface area (Å²) in [7, 11) is -0.528. The minimum atomic E-state index is -0.528. The maximum absolute atomic E-state index is 13.1. The summed E-state index contributed by atoms with van der Waals surface area (Å²) in [4.78, 5) is 17.2. The van der Waals surface area contributed by atoms with Crippen LogP contribution in [-0.2, 0) is 26.9 Å². The van der Waals surface area contributed by atoms with Crippen molar-refractivity contribution in [2.45, 2.75) is 64.1 Å². The monoisotopic (exact) mass is 473 g/mol. The summed E-state index contributed by atoms with van der Waals surface area (Å²) >= 11 is 0. The molecule has 8 heteroatoms. The second-order valence-corrected chi connectivity index (χ2v) is 11.2. The average molecular weight is 473 g/mol. The first-order chi connectivity index (χ1) is 16.7. The zero-order chi connectivity index (χ0) is 24.4. The highest BCUT2D eigenvalue weighted by Crippen LogP contribution is 2.65. The predicted octanol–water partition coefficient (Wildman–Crippen LogP) is 3.95. The molecule has 2 aromatic heterocycles. The Labute approximate surface area is 205 Å². The fourth-order valence-corrected chi connectivity index (χ4v) is 6.76. The number of carbonyl (C=O) groups is 1. The van der Waals surface area contributed by atoms with Crippen molar-refractivity contribution in [2.75, 3.05) is 5.73 Å². The molecular weight excluding hydrogens is 441 g/mol. The second-order valence-electron chi connectivity index (χ2n) is 11.2. The molecule has 1 aromatic carbocycles. The number of carbonyl (C=O) groups excluding carboxylic acids is 1. The first-order valence-electron chi connectivity index (χ1n) is 12.5. The van der Waals surface area contributed by atoms with Crippen LogP contribution < -0.4 is 11.1 Å². The number of nitrogen functional groups attached to an aromatic ring is 1. The molecule has 0 spiro atoms. The van der Waals surface area contributed by atoms with Crippen molar-refractivity contribution in [3.63, 3.8) is 0 Å². The lowest BCUT2D eigenvalue weighted by Crippen LogP contribution is -2.65. The number of aromatic nitrogens is 1. The van der Waals surface area contributed by atoms with Crippen LogP contribution in [0.1, 0.15) is 44.7 Å². The van der Waals surface area contributed by atoms with E-state index in [9.17, 15) is 4.79 Å². The summed E-state index contributed by atoms with van der Waals surface area (Å²) in [6.45, 7) is 6.90. The molecule has 4 fully saturated rings. The molecule has 4 aliphatic rings. The number of benzene rings is 1. The van der Waals surface area contributed by atoms with E-state index in [1.807, 2.05) is 30.3 Å². The maximum Gasteiger partial charge on any atom is 0.482 e. The first-order valence-corrected chi connectivity index (χ1v) is 12.5. The molecule has 2 bridgehead atoms. The van der Waals surface area contributed by atoms with Gasteiger partial charge in [-0.1, -0.05) is 32.0 Å². The third kappa shape index (κ3) is 3.74. The Morgan fingerprint density at radius 2 is 2.09 bits per heavy atom. The number of fused-ring (bicyclic) bond motifs is 1. The average Bonchev–Trinajstić information content (AvgIpc) is 3.39. The lowest BCUT2D eigenvalue weighted by Gasteiger charge is -2.64. The second kappa shape index (κ2) is 8.10. The Kier molecular flexibility index (Phi) is 5.24. The molecule has 1 amide bonds. The Hall–Kier alpha value is -2.84. The number of furan rings is 1. The molecule has 3 saturated carbocycles. The lowest BCUT2D eigenvalue weighted by molar-refractivity contribution is -0.199. The number of anilines is 1. The van der Waals surface area contributed by atoms with Crippen molar-refractivity contribution < 1.29 is 18.5 Å². The first kappa shape index (κ1) is 22.6. The number of nitrogens with two attached hydrogens (primary N) is 1. The van der Waals surface area contributed by atoms with E-state index in [1.165, 1.54) is 6.42 Å². The number of rotatable bonds is 6. The van der Waals surface area contributed by atoms with E-state index in [-0.39, 0.29) is 35.4 Å². The topological polar surface area (TPSA) is 99.6 Å². The van der Waals surface area contributed by atoms with E-state index in [2.05, 4.69) is 31.1 Å². The van der Waals surface area contributed by atoms with Crippen molar-refractivity contribution >= 4 is 29.8 Å². The van der Waals surface area contributed by atoms with Crippen LogP contribution >= 0.6 is 0 Å². The number of nitrogens with zero attached hydrogens (tertiary/aromatic N) is 1. The van der Waals surface area contributed by atoms with Crippen molar-refractivity contribution in [2.24, 2.45) is 17.3 Å². The van der Waals surface area contributed by atoms with E-state index in [4.69, 9.17) is 19.5 Å². The zero-order valence-electron chi connectivity index (χ0n) is 20.5. The SMILES string of the molecule is CC1(C)C2C[C@H]1CC1OB(C(Cc3coc4ccccc34)NC(=O)Cc3ccnc(N)c3)O[C@]12C. The highest BCUT2D eigenvalue weighted by atomic mass is 16.7. The molecule has 1 saturated heterocycles. The normalized spacial score (nSPS) is 29.5. The van der Waals surface area contributed by atoms with Gasteiger partial charge in [-0.15, -0.1) is 0 Å². The van der Waals surface area contributed by atoms with Crippen LogP contribution in [0.25, 0.3) is 11.0 Å². The van der Waals surface area contributed by atoms with Gasteiger partial charge in [0.15, 0.2) is 0 Å². The van der Waals surface area contributed by atoms with Gasteiger partial charge in [0.05, 0.1) is 30.3 Å². The molecule has 7 rings (SSSR count). The van der Waals surface area contributed by atoms with E-state index < -0.39 is 7.12 Å². The molecule has 7 nitrogen and oxygen atoms in total. The molecule has 1 aliphatic heterocycles. The molecule has 3 aliphatic carbocycles. The van der Waals surface area contributed by atoms with Gasteiger partial charge in [0.25, 0.3) is 0 Å². The minimum Gasteiger partial charge on any atom is -0.464 e. The molecule has 3 N–H and O–H groups in total. The number of para-hydroxylation sites is 1. The van der Waals surface area contributed by atoms with E-state index in [0.29, 0.717) is 24.1 Å². The fourth-order valence-electron chi connectivity index (χ4n) is 6.76. The number of hydrogen-bond acceptors (Lipinski definition) is 6. The largest absolute Gasteiger partial charge is 0.482 e. The summed E-state index contributed by atoms with van der Waals surface area (Å²) in [5, 5.41) is 4.25. The van der Waals surface area contributed by atoms with Crippen LogP contribution in [0.4, 0.5) is 5.82 Å². The van der Waals surface area contributed by atoms with Gasteiger partial charge in [0, 0.05) is 11.6 Å². The summed E-state index contributed by atoms with van der Waals surface area (Å²) < 4.78 is 19.1. The Morgan fingerprint density at radius 3 is 2.89 bits per heavy atom. The van der Waals surface area contributed by atoms with Crippen LogP contribution in [0.3, 0.4) is 0 Å². The Bertz CT molecular complexity index is 1280. The van der Waals surface area contributed by atoms with Gasteiger partial charge >= 0.3 is 7.12 Å². The molecule has 3 unspecified atom stereocenters. The number of pyridine rings is 1. The van der Waals surface area contributed by atoms with Crippen LogP contribution in [0.5, 0.6) is 0 Å². The smallest absolute Gasteiger partial charge is 0.464 e. The van der Waals surface area contributed by atoms with E-state index in [0.717, 1.165) is 28.5 Å². The number of amides is 1. The van der Waals surface area contributed by atoms with Gasteiger partial charge in [0.2, 0.25) is 5.91 Å². The number of nitrogens with one attached hydrogen (secondary N) is 1. The van der Waals surface area contributed by atoms with Gasteiger partial charge < -0.3 is 24.8 Å². The Balaban J connectivity index is 1.26. The zero-order valence-corrected chi connectivity index (χ0v) is 20.5. The standard InChI is InChI=1S/C27H32BN3O4/c1-26(2)18-13-21(26)27(3)22(14-18)34-28(35-27)23(12-17-15-33-20-7-5-4-6-19(17)20)31-25(32)11-16-8-9-30-24(29)10-16/h4-10,15,18,21-23H,11-14H2,1-3H3,(H2,29,30)(H,31,32)/t18-,21?,22?,23?,27-/m0/s1. The van der Waals surface area contributed by atoms with Gasteiger partial charge in [-0.3, -0.25) is 4.79 Å². The molecule has 5 atom stereocenters. The summed E-state index contributed by atoms with van der Waals surface area (Å²) in [6.07, 6.45) is 6.38. The van der Waals surface area contributed by atoms with E-state index in [1.54, 1.807) is 18.5 Å². The molecule has 3 heterocycles. The highest BCUT2D eigenvalue weighted by molar-refractivity contribution is 6.48. The summed E-state index contributed by atoms with van der Waals surface area (Å²) in [6, 6.07) is 11.5. The third-order valence-electron chi connectivity index (χ3n) is 8.85. The van der Waals surface area contributed by atoms with Crippen molar-refractivity contribution in [3.05, 3.63) is 60.0 Å². The van der Waals surface area contributed by atoms with Crippen LogP contribution in [0, 0.1) is 17.3 Å². The fraction of sp³-hybridized carbons (Fsp3) is 0.481. The molecule has 182 valence electrons. The highest BCUT2D eigenvalue weighted by Gasteiger charge is 2.68. The summed E-state index contributed by atoms with van der Waals surface area (Å²) in [5.41, 5.74) is 8.39.